The van der Waals surface area contributed by atoms with E-state index in [1.807, 2.05) is 32.8 Å². The van der Waals surface area contributed by atoms with Crippen molar-refractivity contribution >= 4 is 68.5 Å². The van der Waals surface area contributed by atoms with Crippen molar-refractivity contribution in [2.24, 2.45) is 5.92 Å². The molecule has 2 aromatic carbocycles. The molecule has 0 spiro atoms. The van der Waals surface area contributed by atoms with E-state index in [1.54, 1.807) is 38.1 Å². The number of amides is 4. The van der Waals surface area contributed by atoms with E-state index < -0.39 is 69.7 Å². The molecule has 3 aliphatic heterocycles. The summed E-state index contributed by atoms with van der Waals surface area (Å²) >= 11 is 18.7. The number of fused-ring (bicyclic) bond motifs is 1. The van der Waals surface area contributed by atoms with E-state index in [4.69, 9.17) is 39.5 Å². The zero-order chi connectivity index (χ0) is 38.3. The van der Waals surface area contributed by atoms with Gasteiger partial charge in [0, 0.05) is 42.0 Å². The first-order chi connectivity index (χ1) is 24.4. The van der Waals surface area contributed by atoms with Crippen LogP contribution >= 0.6 is 34.8 Å². The van der Waals surface area contributed by atoms with E-state index in [2.05, 4.69) is 10.6 Å². The highest BCUT2D eigenvalue weighted by Gasteiger charge is 2.64. The highest BCUT2D eigenvalue weighted by molar-refractivity contribution is 7.93. The number of halogens is 3. The fourth-order valence-electron chi connectivity index (χ4n) is 7.37. The molecule has 3 aliphatic rings. The number of sulfone groups is 1. The van der Waals surface area contributed by atoms with E-state index in [9.17, 15) is 27.6 Å². The summed E-state index contributed by atoms with van der Waals surface area (Å²) in [6.07, 6.45) is -0.855. The molecule has 5 unspecified atom stereocenters. The highest BCUT2D eigenvalue weighted by Crippen LogP contribution is 2.41. The molecule has 52 heavy (non-hydrogen) atoms. The fourth-order valence-corrected chi connectivity index (χ4v) is 10.2. The van der Waals surface area contributed by atoms with Gasteiger partial charge in [-0.2, -0.15) is 0 Å². The molecular weight excluding hydrogens is 755 g/mol. The molecule has 2 N–H and O–H groups in total. The van der Waals surface area contributed by atoms with Crippen molar-refractivity contribution in [1.82, 2.24) is 30.2 Å². The molecule has 13 nitrogen and oxygen atoms in total. The number of hydrogen-bond donors (Lipinski definition) is 2. The third kappa shape index (κ3) is 7.60. The molecule has 4 amide bonds. The van der Waals surface area contributed by atoms with Gasteiger partial charge in [-0.3, -0.25) is 29.5 Å². The van der Waals surface area contributed by atoms with Crippen molar-refractivity contribution < 1.29 is 32.3 Å². The third-order valence-corrected chi connectivity index (χ3v) is 13.0. The number of carbonyl (C=O) groups excluding carboxylic acids is 4. The number of hydrogen-bond acceptors (Lipinski definition) is 9. The van der Waals surface area contributed by atoms with E-state index in [1.165, 1.54) is 28.0 Å². The van der Waals surface area contributed by atoms with Crippen LogP contribution in [0.3, 0.4) is 0 Å². The Morgan fingerprint density at radius 3 is 2.27 bits per heavy atom. The first-order valence-electron chi connectivity index (χ1n) is 17.2. The lowest BCUT2D eigenvalue weighted by atomic mass is 9.96. The van der Waals surface area contributed by atoms with E-state index in [0.29, 0.717) is 30.0 Å². The maximum atomic E-state index is 14.9. The molecular formula is C35H45Cl3N6O7S. The predicted octanol–water partition coefficient (Wildman–Crippen LogP) is 4.00. The summed E-state index contributed by atoms with van der Waals surface area (Å²) in [5, 5.41) is 6.16. The molecule has 5 atom stereocenters. The SMILES string of the molecule is CC(C)C(C(=O)N1CCCC1OC(=O)NC1CNC2(S(=O)(=O)c3ccc(Cl)cc3Cl)CN(C(C)C)C(=O)C(Cc3ccc(Cl)cc3)N2C1=O)N(C)C. The molecule has 0 radical (unpaired) electrons. The molecule has 5 rings (SSSR count). The molecule has 0 aromatic heterocycles. The van der Waals surface area contributed by atoms with Crippen LogP contribution < -0.4 is 10.6 Å². The van der Waals surface area contributed by atoms with Crippen LogP contribution in [0.1, 0.15) is 46.1 Å². The Kier molecular flexibility index (Phi) is 12.1. The molecule has 17 heteroatoms. The lowest BCUT2D eigenvalue weighted by molar-refractivity contribution is -0.166. The predicted molar refractivity (Wildman–Crippen MR) is 197 cm³/mol. The van der Waals surface area contributed by atoms with Crippen molar-refractivity contribution in [3.8, 4) is 0 Å². The average molecular weight is 800 g/mol. The number of alkyl carbamates (subject to hydrolysis) is 1. The Bertz CT molecular complexity index is 1800. The van der Waals surface area contributed by atoms with Crippen molar-refractivity contribution in [3.63, 3.8) is 0 Å². The number of likely N-dealkylation sites (tertiary alicyclic amines) is 1. The van der Waals surface area contributed by atoms with Gasteiger partial charge in [0.1, 0.15) is 12.1 Å². The maximum Gasteiger partial charge on any atom is 0.409 e. The van der Waals surface area contributed by atoms with E-state index in [-0.39, 0.29) is 39.7 Å². The third-order valence-electron chi connectivity index (χ3n) is 9.82. The van der Waals surface area contributed by atoms with E-state index in [0.717, 1.165) is 4.90 Å². The summed E-state index contributed by atoms with van der Waals surface area (Å²) in [6, 6.07) is 7.07. The minimum Gasteiger partial charge on any atom is -0.425 e. The zero-order valence-corrected chi connectivity index (χ0v) is 33.0. The second-order valence-corrected chi connectivity index (χ2v) is 17.6. The summed E-state index contributed by atoms with van der Waals surface area (Å²) in [5.41, 5.74) is 0.620. The van der Waals surface area contributed by atoms with Gasteiger partial charge in [0.05, 0.1) is 22.5 Å². The number of rotatable bonds is 10. The number of likely N-dealkylation sites (N-methyl/N-ethyl adjacent to an activating group) is 1. The number of benzene rings is 2. The molecule has 2 aromatic rings. The number of ether oxygens (including phenoxy) is 1. The summed E-state index contributed by atoms with van der Waals surface area (Å²) in [5.74, 6) is -1.46. The summed E-state index contributed by atoms with van der Waals surface area (Å²) < 4.78 is 35.4. The maximum absolute atomic E-state index is 14.9. The Balaban J connectivity index is 1.50. The quantitative estimate of drug-likeness (QED) is 0.364. The summed E-state index contributed by atoms with van der Waals surface area (Å²) in [6.45, 7) is 7.05. The van der Waals surface area contributed by atoms with Crippen LogP contribution in [0.25, 0.3) is 0 Å². The fraction of sp³-hybridized carbons (Fsp3) is 0.543. The van der Waals surface area contributed by atoms with Gasteiger partial charge in [0.25, 0.3) is 0 Å². The number of carbonyl (C=O) groups is 4. The lowest BCUT2D eigenvalue weighted by Gasteiger charge is -2.57. The summed E-state index contributed by atoms with van der Waals surface area (Å²) in [7, 11) is -0.968. The number of nitrogens with one attached hydrogen (secondary N) is 2. The van der Waals surface area contributed by atoms with Crippen molar-refractivity contribution in [3.05, 3.63) is 63.1 Å². The van der Waals surface area contributed by atoms with Crippen LogP contribution in [0, 0.1) is 5.92 Å². The van der Waals surface area contributed by atoms with Gasteiger partial charge in [-0.1, -0.05) is 60.8 Å². The lowest BCUT2D eigenvalue weighted by Crippen LogP contribution is -2.83. The first-order valence-corrected chi connectivity index (χ1v) is 19.8. The average Bonchev–Trinajstić information content (AvgIpc) is 3.51. The first kappa shape index (κ1) is 40.1. The molecule has 3 heterocycles. The Hall–Kier alpha value is -3.14. The molecule has 0 aliphatic carbocycles. The minimum atomic E-state index is -4.60. The smallest absolute Gasteiger partial charge is 0.409 e. The molecule has 3 saturated heterocycles. The van der Waals surface area contributed by atoms with Crippen molar-refractivity contribution in [2.45, 2.75) is 87.2 Å². The van der Waals surface area contributed by atoms with Crippen LogP contribution in [0.4, 0.5) is 4.79 Å². The highest BCUT2D eigenvalue weighted by atomic mass is 35.5. The van der Waals surface area contributed by atoms with Gasteiger partial charge in [-0.25, -0.2) is 13.2 Å². The number of nitrogens with zero attached hydrogens (tertiary/aromatic N) is 4. The largest absolute Gasteiger partial charge is 0.425 e. The van der Waals surface area contributed by atoms with Gasteiger partial charge in [-0.15, -0.1) is 0 Å². The van der Waals surface area contributed by atoms with E-state index >= 15 is 0 Å². The summed E-state index contributed by atoms with van der Waals surface area (Å²) in [4.78, 5) is 59.2. The topological polar surface area (TPSA) is 149 Å². The van der Waals surface area contributed by atoms with Crippen LogP contribution in [0.2, 0.25) is 15.1 Å². The van der Waals surface area contributed by atoms with Crippen molar-refractivity contribution in [2.75, 3.05) is 33.7 Å². The Morgan fingerprint density at radius 2 is 1.67 bits per heavy atom. The standard InChI is InChI=1S/C35H45Cl3N6O7S/c1-20(2)30(41(5)6)33(47)42-15-7-8-29(42)51-34(48)40-26-18-39-35(52(49,50)28-14-13-24(37)17-25(28)38)19-43(21(3)4)32(46)27(44(35)31(26)45)16-22-9-11-23(36)12-10-22/h9-14,17,20-21,26-27,29-30,39H,7-8,15-16,18-19H2,1-6H3,(H,40,48). The normalized spacial score (nSPS) is 24.5. The number of piperazine rings is 1. The Morgan fingerprint density at radius 1 is 1.02 bits per heavy atom. The van der Waals surface area contributed by atoms with Gasteiger partial charge in [-0.05, 0) is 76.2 Å². The van der Waals surface area contributed by atoms with Gasteiger partial charge < -0.3 is 19.9 Å². The molecule has 0 saturated carbocycles. The van der Waals surface area contributed by atoms with Crippen molar-refractivity contribution in [1.29, 1.82) is 0 Å². The van der Waals surface area contributed by atoms with Crippen LogP contribution in [0.15, 0.2) is 47.4 Å². The second-order valence-electron chi connectivity index (χ2n) is 14.2. The zero-order valence-electron chi connectivity index (χ0n) is 29.9. The van der Waals surface area contributed by atoms with Gasteiger partial charge in [0.15, 0.2) is 6.23 Å². The Labute approximate surface area is 319 Å². The van der Waals surface area contributed by atoms with Crippen LogP contribution in [0.5, 0.6) is 0 Å². The molecule has 0 bridgehead atoms. The van der Waals surface area contributed by atoms with Gasteiger partial charge >= 0.3 is 6.09 Å². The van der Waals surface area contributed by atoms with Gasteiger partial charge in [0.2, 0.25) is 32.6 Å². The molecule has 284 valence electrons. The van der Waals surface area contributed by atoms with Crippen LogP contribution in [-0.2, 0) is 35.4 Å². The minimum absolute atomic E-state index is 0.00232. The molecule has 3 fully saturated rings. The monoisotopic (exact) mass is 798 g/mol. The second kappa shape index (κ2) is 15.7. The van der Waals surface area contributed by atoms with Crippen LogP contribution in [-0.4, -0.2) is 121 Å².